The van der Waals surface area contributed by atoms with Crippen molar-refractivity contribution in [1.82, 2.24) is 9.80 Å². The first-order valence-corrected chi connectivity index (χ1v) is 11.3. The molecule has 3 atom stereocenters. The molecule has 0 bridgehead atoms. The third-order valence-corrected chi connectivity index (χ3v) is 6.58. The van der Waals surface area contributed by atoms with E-state index in [0.29, 0.717) is 18.4 Å². The lowest BCUT2D eigenvalue weighted by atomic mass is 9.86. The van der Waals surface area contributed by atoms with Crippen molar-refractivity contribution in [3.8, 4) is 0 Å². The molecular formula is C22H38N2O4. The van der Waals surface area contributed by atoms with E-state index in [9.17, 15) is 4.79 Å². The number of aliphatic hydroxyl groups excluding tert-OH is 1. The van der Waals surface area contributed by atoms with E-state index in [2.05, 4.69) is 11.8 Å². The Bertz CT molecular complexity index is 525. The molecule has 3 aliphatic rings. The lowest BCUT2D eigenvalue weighted by molar-refractivity contribution is -0.174. The Hall–Kier alpha value is -1.11. The second-order valence-electron chi connectivity index (χ2n) is 8.48. The van der Waals surface area contributed by atoms with Gasteiger partial charge < -0.3 is 24.4 Å². The van der Waals surface area contributed by atoms with Crippen LogP contribution in [0.3, 0.4) is 0 Å². The highest BCUT2D eigenvalue weighted by Gasteiger charge is 2.37. The summed E-state index contributed by atoms with van der Waals surface area (Å²) in [6, 6.07) is 0.628. The minimum absolute atomic E-state index is 0.00857. The fourth-order valence-electron chi connectivity index (χ4n) is 4.91. The number of carbonyl (C=O) groups excluding carboxylic acids is 1. The first-order chi connectivity index (χ1) is 13.6. The number of likely N-dealkylation sites (tertiary alicyclic amines) is 2. The maximum absolute atomic E-state index is 13.1. The quantitative estimate of drug-likeness (QED) is 0.719. The Labute approximate surface area is 169 Å². The number of rotatable bonds is 7. The van der Waals surface area contributed by atoms with Gasteiger partial charge in [-0.15, -0.1) is 0 Å². The van der Waals surface area contributed by atoms with E-state index in [4.69, 9.17) is 14.6 Å². The van der Waals surface area contributed by atoms with Crippen LogP contribution in [0.2, 0.25) is 0 Å². The van der Waals surface area contributed by atoms with Gasteiger partial charge in [-0.3, -0.25) is 4.79 Å². The average molecular weight is 395 g/mol. The van der Waals surface area contributed by atoms with Crippen molar-refractivity contribution in [1.29, 1.82) is 0 Å². The normalized spacial score (nSPS) is 30.0. The topological polar surface area (TPSA) is 62.2 Å². The van der Waals surface area contributed by atoms with Crippen LogP contribution in [0, 0.1) is 11.8 Å². The zero-order valence-electron chi connectivity index (χ0n) is 17.6. The minimum atomic E-state index is -0.401. The van der Waals surface area contributed by atoms with Gasteiger partial charge >= 0.3 is 0 Å². The predicted octanol–water partition coefficient (Wildman–Crippen LogP) is 2.76. The van der Waals surface area contributed by atoms with Gasteiger partial charge in [0.15, 0.2) is 5.76 Å². The Morgan fingerprint density at radius 3 is 2.57 bits per heavy atom. The molecule has 1 N–H and O–H groups in total. The molecule has 6 heteroatoms. The maximum Gasteiger partial charge on any atom is 0.288 e. The number of hydrogen-bond donors (Lipinski definition) is 1. The van der Waals surface area contributed by atoms with Crippen molar-refractivity contribution in [2.45, 2.75) is 71.1 Å². The van der Waals surface area contributed by atoms with Gasteiger partial charge in [0.2, 0.25) is 6.29 Å². The summed E-state index contributed by atoms with van der Waals surface area (Å²) in [4.78, 5) is 17.7. The molecule has 28 heavy (non-hydrogen) atoms. The van der Waals surface area contributed by atoms with Gasteiger partial charge in [0, 0.05) is 38.3 Å². The van der Waals surface area contributed by atoms with Crippen molar-refractivity contribution in [3.05, 3.63) is 11.8 Å². The molecule has 0 radical (unpaired) electrons. The first kappa shape index (κ1) is 21.6. The number of ether oxygens (including phenoxy) is 2. The second-order valence-corrected chi connectivity index (χ2v) is 8.48. The lowest BCUT2D eigenvalue weighted by Crippen LogP contribution is -2.49. The summed E-state index contributed by atoms with van der Waals surface area (Å²) in [5, 5.41) is 9.16. The van der Waals surface area contributed by atoms with E-state index in [1.54, 1.807) is 0 Å². The van der Waals surface area contributed by atoms with Crippen LogP contribution in [0.4, 0.5) is 0 Å². The second kappa shape index (κ2) is 10.6. The molecule has 0 saturated carbocycles. The highest BCUT2D eigenvalue weighted by molar-refractivity contribution is 5.91. The summed E-state index contributed by atoms with van der Waals surface area (Å²) < 4.78 is 11.8. The van der Waals surface area contributed by atoms with E-state index in [-0.39, 0.29) is 24.3 Å². The highest BCUT2D eigenvalue weighted by Crippen LogP contribution is 2.33. The predicted molar refractivity (Wildman–Crippen MR) is 109 cm³/mol. The molecule has 2 fully saturated rings. The van der Waals surface area contributed by atoms with Crippen molar-refractivity contribution in [2.75, 3.05) is 39.4 Å². The van der Waals surface area contributed by atoms with Gasteiger partial charge in [0.25, 0.3) is 5.91 Å². The minimum Gasteiger partial charge on any atom is -0.459 e. The molecule has 160 valence electrons. The molecule has 3 aliphatic heterocycles. The van der Waals surface area contributed by atoms with Crippen molar-refractivity contribution < 1.29 is 19.4 Å². The summed E-state index contributed by atoms with van der Waals surface area (Å²) >= 11 is 0. The molecule has 0 aromatic rings. The Morgan fingerprint density at radius 2 is 1.93 bits per heavy atom. The largest absolute Gasteiger partial charge is 0.459 e. The van der Waals surface area contributed by atoms with Crippen LogP contribution in [0.15, 0.2) is 11.8 Å². The first-order valence-electron chi connectivity index (χ1n) is 11.3. The van der Waals surface area contributed by atoms with Crippen LogP contribution in [-0.4, -0.2) is 72.5 Å². The number of carbonyl (C=O) groups is 1. The van der Waals surface area contributed by atoms with Crippen LogP contribution < -0.4 is 0 Å². The standard InChI is InChI=1S/C22H38N2O4/c1-3-27-22-19(8-7-15-25)17(2)16-20(28-22)21(26)24-13-9-18(10-14-24)23-11-5-4-6-12-23/h16-19,22,25H,3-15H2,1-2H3/t17-,19+,22+/m1/s1. The fourth-order valence-corrected chi connectivity index (χ4v) is 4.91. The molecule has 3 heterocycles. The highest BCUT2D eigenvalue weighted by atomic mass is 16.7. The van der Waals surface area contributed by atoms with Gasteiger partial charge in [-0.25, -0.2) is 0 Å². The molecule has 2 saturated heterocycles. The smallest absolute Gasteiger partial charge is 0.288 e. The molecule has 1 amide bonds. The third-order valence-electron chi connectivity index (χ3n) is 6.58. The van der Waals surface area contributed by atoms with E-state index in [1.807, 2.05) is 17.9 Å². The molecule has 6 nitrogen and oxygen atoms in total. The van der Waals surface area contributed by atoms with E-state index in [0.717, 1.165) is 38.8 Å². The summed E-state index contributed by atoms with van der Waals surface area (Å²) in [5.74, 6) is 0.826. The van der Waals surface area contributed by atoms with E-state index >= 15 is 0 Å². The molecule has 0 aromatic carbocycles. The average Bonchev–Trinajstić information content (AvgIpc) is 2.73. The number of amides is 1. The van der Waals surface area contributed by atoms with Crippen molar-refractivity contribution in [2.24, 2.45) is 11.8 Å². The van der Waals surface area contributed by atoms with Gasteiger partial charge in [0.05, 0.1) is 0 Å². The van der Waals surface area contributed by atoms with Crippen LogP contribution in [0.1, 0.15) is 58.8 Å². The monoisotopic (exact) mass is 394 g/mol. The number of hydrogen-bond acceptors (Lipinski definition) is 5. The van der Waals surface area contributed by atoms with Crippen LogP contribution in [-0.2, 0) is 14.3 Å². The van der Waals surface area contributed by atoms with Gasteiger partial charge in [-0.05, 0) is 70.5 Å². The van der Waals surface area contributed by atoms with Crippen LogP contribution >= 0.6 is 0 Å². The number of allylic oxidation sites excluding steroid dienone is 1. The molecule has 0 aromatic heterocycles. The van der Waals surface area contributed by atoms with Gasteiger partial charge in [0.1, 0.15) is 0 Å². The molecule has 0 spiro atoms. The van der Waals surface area contributed by atoms with Crippen LogP contribution in [0.5, 0.6) is 0 Å². The molecule has 0 aliphatic carbocycles. The van der Waals surface area contributed by atoms with Gasteiger partial charge in [-0.1, -0.05) is 13.3 Å². The van der Waals surface area contributed by atoms with E-state index < -0.39 is 6.29 Å². The van der Waals surface area contributed by atoms with Gasteiger partial charge in [-0.2, -0.15) is 0 Å². The van der Waals surface area contributed by atoms with Crippen molar-refractivity contribution in [3.63, 3.8) is 0 Å². The maximum atomic E-state index is 13.1. The summed E-state index contributed by atoms with van der Waals surface area (Å²) in [5.41, 5.74) is 0. The Morgan fingerprint density at radius 1 is 1.21 bits per heavy atom. The third kappa shape index (κ3) is 5.28. The molecular weight excluding hydrogens is 356 g/mol. The fraction of sp³-hybridized carbons (Fsp3) is 0.864. The molecule has 0 unspecified atom stereocenters. The summed E-state index contributed by atoms with van der Waals surface area (Å²) in [7, 11) is 0. The number of nitrogens with zero attached hydrogens (tertiary/aromatic N) is 2. The number of piperidine rings is 2. The molecule has 3 rings (SSSR count). The zero-order chi connectivity index (χ0) is 19.9. The summed E-state index contributed by atoms with van der Waals surface area (Å²) in [6.07, 6.45) is 9.23. The van der Waals surface area contributed by atoms with E-state index in [1.165, 1.54) is 32.4 Å². The number of aliphatic hydroxyl groups is 1. The lowest BCUT2D eigenvalue weighted by Gasteiger charge is -2.41. The Balaban J connectivity index is 1.57. The SMILES string of the molecule is CCO[C@H]1OC(C(=O)N2CCC(N3CCCCC3)CC2)=C[C@@H](C)[C@@H]1CCCO. The van der Waals surface area contributed by atoms with Crippen LogP contribution in [0.25, 0.3) is 0 Å². The Kier molecular flexibility index (Phi) is 8.18. The summed E-state index contributed by atoms with van der Waals surface area (Å²) in [6.45, 7) is 8.84. The zero-order valence-corrected chi connectivity index (χ0v) is 17.6. The van der Waals surface area contributed by atoms with Crippen molar-refractivity contribution >= 4 is 5.91 Å².